The largest absolute Gasteiger partial charge is 0.393 e. The highest BCUT2D eigenvalue weighted by Gasteiger charge is 2.31. The second-order valence-corrected chi connectivity index (χ2v) is 9.97. The van der Waals surface area contributed by atoms with Crippen LogP contribution in [0.5, 0.6) is 0 Å². The Morgan fingerprint density at radius 1 is 1.23 bits per heavy atom. The maximum absolute atomic E-state index is 10.0. The Balaban J connectivity index is 1.50. The number of unbranched alkanes of at least 4 members (excludes halogenated alkanes) is 1. The summed E-state index contributed by atoms with van der Waals surface area (Å²) in [6.45, 7) is 4.44. The van der Waals surface area contributed by atoms with Gasteiger partial charge in [0.2, 0.25) is 5.95 Å². The van der Waals surface area contributed by atoms with Gasteiger partial charge in [-0.1, -0.05) is 25.8 Å². The van der Waals surface area contributed by atoms with E-state index in [-0.39, 0.29) is 6.10 Å². The highest BCUT2D eigenvalue weighted by Crippen LogP contribution is 2.39. The Morgan fingerprint density at radius 3 is 2.84 bits per heavy atom. The van der Waals surface area contributed by atoms with Crippen molar-refractivity contribution in [2.45, 2.75) is 108 Å². The van der Waals surface area contributed by atoms with Gasteiger partial charge < -0.3 is 20.3 Å². The molecule has 2 aromatic rings. The predicted octanol–water partition coefficient (Wildman–Crippen LogP) is 4.81. The van der Waals surface area contributed by atoms with E-state index in [4.69, 9.17) is 9.97 Å². The zero-order valence-electron chi connectivity index (χ0n) is 19.0. The van der Waals surface area contributed by atoms with E-state index in [0.29, 0.717) is 24.2 Å². The molecule has 0 spiro atoms. The van der Waals surface area contributed by atoms with Crippen molar-refractivity contribution in [2.75, 3.05) is 5.32 Å². The molecule has 0 aromatic carbocycles. The van der Waals surface area contributed by atoms with Gasteiger partial charge in [0, 0.05) is 47.5 Å². The zero-order valence-corrected chi connectivity index (χ0v) is 19.0. The number of hydrogen-bond donors (Lipinski definition) is 3. The molecule has 168 valence electrons. The summed E-state index contributed by atoms with van der Waals surface area (Å²) in [6.07, 6.45) is 17.6. The summed E-state index contributed by atoms with van der Waals surface area (Å²) in [7, 11) is 0. The van der Waals surface area contributed by atoms with Crippen molar-refractivity contribution in [2.24, 2.45) is 0 Å². The molecule has 5 rings (SSSR count). The third kappa shape index (κ3) is 4.37. The summed E-state index contributed by atoms with van der Waals surface area (Å²) in [5.41, 5.74) is 3.81. The van der Waals surface area contributed by atoms with Crippen LogP contribution < -0.4 is 10.6 Å². The minimum atomic E-state index is -0.147. The van der Waals surface area contributed by atoms with Crippen LogP contribution in [0.4, 0.5) is 5.95 Å². The topological polar surface area (TPSA) is 75.0 Å². The van der Waals surface area contributed by atoms with Crippen LogP contribution in [0.2, 0.25) is 0 Å². The number of aromatic nitrogens is 3. The number of nitrogens with zero attached hydrogens (tertiary/aromatic N) is 3. The molecular formula is C25H37N5O. The fourth-order valence-electron chi connectivity index (χ4n) is 5.69. The summed E-state index contributed by atoms with van der Waals surface area (Å²) in [5, 5.41) is 18.4. The van der Waals surface area contributed by atoms with Gasteiger partial charge in [-0.05, 0) is 63.9 Å². The number of fused-ring (bicyclic) bond motifs is 3. The summed E-state index contributed by atoms with van der Waals surface area (Å²) in [4.78, 5) is 9.74. The van der Waals surface area contributed by atoms with Gasteiger partial charge in [0.25, 0.3) is 0 Å². The van der Waals surface area contributed by atoms with E-state index >= 15 is 0 Å². The van der Waals surface area contributed by atoms with E-state index in [2.05, 4.69) is 41.3 Å². The zero-order chi connectivity index (χ0) is 21.4. The Labute approximate surface area is 185 Å². The third-order valence-electron chi connectivity index (χ3n) is 7.49. The van der Waals surface area contributed by atoms with Gasteiger partial charge in [-0.3, -0.25) is 0 Å². The van der Waals surface area contributed by atoms with Crippen molar-refractivity contribution < 1.29 is 5.11 Å². The number of aliphatic hydroxyl groups is 1. The summed E-state index contributed by atoms with van der Waals surface area (Å²) < 4.78 is 2.39. The molecule has 2 unspecified atom stereocenters. The Bertz CT molecular complexity index is 943. The minimum Gasteiger partial charge on any atom is -0.393 e. The van der Waals surface area contributed by atoms with Crippen LogP contribution in [0.3, 0.4) is 0 Å². The van der Waals surface area contributed by atoms with Crippen molar-refractivity contribution >= 4 is 22.6 Å². The summed E-state index contributed by atoms with van der Waals surface area (Å²) >= 11 is 0. The van der Waals surface area contributed by atoms with Gasteiger partial charge in [0.05, 0.1) is 6.10 Å². The second-order valence-electron chi connectivity index (χ2n) is 9.97. The van der Waals surface area contributed by atoms with Crippen LogP contribution in [-0.4, -0.2) is 43.9 Å². The van der Waals surface area contributed by atoms with Crippen LogP contribution in [-0.2, 0) is 0 Å². The normalized spacial score (nSPS) is 29.2. The van der Waals surface area contributed by atoms with Crippen molar-refractivity contribution in [1.82, 2.24) is 19.9 Å². The van der Waals surface area contributed by atoms with E-state index in [1.807, 2.05) is 6.20 Å². The molecule has 0 radical (unpaired) electrons. The highest BCUT2D eigenvalue weighted by atomic mass is 16.3. The molecular weight excluding hydrogens is 386 g/mol. The third-order valence-corrected chi connectivity index (χ3v) is 7.49. The second kappa shape index (κ2) is 8.91. The average molecular weight is 424 g/mol. The molecule has 2 fully saturated rings. The first-order valence-electron chi connectivity index (χ1n) is 12.4. The van der Waals surface area contributed by atoms with Crippen molar-refractivity contribution in [1.29, 1.82) is 0 Å². The lowest BCUT2D eigenvalue weighted by molar-refractivity contribution is 0.111. The molecule has 6 heteroatoms. The maximum Gasteiger partial charge on any atom is 0.224 e. The monoisotopic (exact) mass is 423 g/mol. The lowest BCUT2D eigenvalue weighted by atomic mass is 9.93. The molecule has 1 aliphatic carbocycles. The van der Waals surface area contributed by atoms with E-state index in [9.17, 15) is 5.11 Å². The molecule has 3 aliphatic rings. The van der Waals surface area contributed by atoms with Gasteiger partial charge in [-0.15, -0.1) is 0 Å². The van der Waals surface area contributed by atoms with Crippen LogP contribution in [0.25, 0.3) is 16.6 Å². The first-order chi connectivity index (χ1) is 15.1. The van der Waals surface area contributed by atoms with Crippen LogP contribution in [0, 0.1) is 0 Å². The van der Waals surface area contributed by atoms with Gasteiger partial charge in [0.15, 0.2) is 0 Å². The smallest absolute Gasteiger partial charge is 0.224 e. The molecule has 1 saturated carbocycles. The Kier molecular flexibility index (Phi) is 6.02. The average Bonchev–Trinajstić information content (AvgIpc) is 3.32. The number of nitrogens with one attached hydrogen (secondary N) is 2. The molecule has 2 aliphatic heterocycles. The van der Waals surface area contributed by atoms with E-state index in [0.717, 1.165) is 50.1 Å². The number of rotatable bonds is 7. The summed E-state index contributed by atoms with van der Waals surface area (Å²) in [6, 6.07) is 1.89. The molecule has 6 nitrogen and oxygen atoms in total. The minimum absolute atomic E-state index is 0.147. The van der Waals surface area contributed by atoms with Crippen molar-refractivity contribution in [3.63, 3.8) is 0 Å². The van der Waals surface area contributed by atoms with Gasteiger partial charge >= 0.3 is 0 Å². The predicted molar refractivity (Wildman–Crippen MR) is 126 cm³/mol. The summed E-state index contributed by atoms with van der Waals surface area (Å²) in [5.74, 6) is 0.734. The van der Waals surface area contributed by atoms with E-state index in [1.165, 1.54) is 42.2 Å². The molecule has 31 heavy (non-hydrogen) atoms. The van der Waals surface area contributed by atoms with E-state index < -0.39 is 0 Å². The first kappa shape index (κ1) is 21.0. The standard InChI is InChI=1S/C25H37N5O/c1-3-4-5-16(2)27-25-26-14-22-23(17-12-18-6-7-19(13-17)28-18)15-30(24(22)29-25)20-8-10-21(31)11-9-20/h12,14-16,18-21,28,31H,3-11,13H2,1-2H3,(H,26,27,29)/t16-,18?,19?,20-,21-/m0/s1. The molecule has 1 saturated heterocycles. The number of aliphatic hydroxyl groups excluding tert-OH is 1. The lowest BCUT2D eigenvalue weighted by Gasteiger charge is -2.27. The quantitative estimate of drug-likeness (QED) is 0.596. The Hall–Kier alpha value is -1.92. The van der Waals surface area contributed by atoms with Gasteiger partial charge in [-0.25, -0.2) is 4.98 Å². The molecule has 2 bridgehead atoms. The first-order valence-corrected chi connectivity index (χ1v) is 12.4. The molecule has 0 amide bonds. The lowest BCUT2D eigenvalue weighted by Crippen LogP contribution is -2.31. The van der Waals surface area contributed by atoms with Gasteiger partial charge in [-0.2, -0.15) is 4.98 Å². The molecule has 4 heterocycles. The SMILES string of the molecule is CCCC[C@H](C)Nc1ncc2c(C3=CC4CCC(C3)N4)cn([C@H]3CC[C@H](O)CC3)c2n1. The van der Waals surface area contributed by atoms with Crippen LogP contribution in [0.15, 0.2) is 18.5 Å². The van der Waals surface area contributed by atoms with Crippen LogP contribution in [0.1, 0.15) is 89.7 Å². The number of anilines is 1. The van der Waals surface area contributed by atoms with Crippen molar-refractivity contribution in [3.8, 4) is 0 Å². The highest BCUT2D eigenvalue weighted by molar-refractivity contribution is 5.91. The molecule has 3 N–H and O–H groups in total. The Morgan fingerprint density at radius 2 is 2.06 bits per heavy atom. The van der Waals surface area contributed by atoms with E-state index in [1.54, 1.807) is 0 Å². The number of hydrogen-bond acceptors (Lipinski definition) is 5. The van der Waals surface area contributed by atoms with Crippen LogP contribution >= 0.6 is 0 Å². The molecule has 2 aromatic heterocycles. The van der Waals surface area contributed by atoms with Crippen molar-refractivity contribution in [3.05, 3.63) is 24.0 Å². The fourth-order valence-corrected chi connectivity index (χ4v) is 5.69. The van der Waals surface area contributed by atoms with Gasteiger partial charge in [0.1, 0.15) is 5.65 Å². The maximum atomic E-state index is 10.0. The fraction of sp³-hybridized carbons (Fsp3) is 0.680. The molecule has 3 atom stereocenters.